The average Bonchev–Trinajstić information content (AvgIpc) is 2.26. The predicted octanol–water partition coefficient (Wildman–Crippen LogP) is 2.83. The van der Waals surface area contributed by atoms with Gasteiger partial charge in [-0.1, -0.05) is 6.92 Å². The topological polar surface area (TPSA) is 46.5 Å². The van der Waals surface area contributed by atoms with E-state index in [1.165, 1.54) is 0 Å². The molecule has 0 unspecified atom stereocenters. The van der Waals surface area contributed by atoms with Gasteiger partial charge in [0.1, 0.15) is 5.75 Å². The van der Waals surface area contributed by atoms with Crippen molar-refractivity contribution < 1.29 is 14.6 Å². The minimum Gasteiger partial charge on any atom is -0.492 e. The summed E-state index contributed by atoms with van der Waals surface area (Å²) in [6, 6.07) is 4.91. The van der Waals surface area contributed by atoms with Crippen molar-refractivity contribution in [1.82, 2.24) is 0 Å². The van der Waals surface area contributed by atoms with Gasteiger partial charge in [-0.2, -0.15) is 11.8 Å². The molecule has 0 aliphatic carbocycles. The Hall–Kier alpha value is -1.16. The maximum Gasteiger partial charge on any atom is 0.335 e. The lowest BCUT2D eigenvalue weighted by Crippen LogP contribution is -2.03. The van der Waals surface area contributed by atoms with Crippen LogP contribution in [0, 0.1) is 6.92 Å². The molecular formula is C12H16O3S. The minimum atomic E-state index is -0.906. The van der Waals surface area contributed by atoms with Gasteiger partial charge in [0.2, 0.25) is 0 Å². The SMILES string of the molecule is CCSCCOc1ccc(C(=O)O)cc1C. The van der Waals surface area contributed by atoms with E-state index in [4.69, 9.17) is 9.84 Å². The highest BCUT2D eigenvalue weighted by Crippen LogP contribution is 2.19. The molecule has 1 N–H and O–H groups in total. The fourth-order valence-corrected chi connectivity index (χ4v) is 1.79. The van der Waals surface area contributed by atoms with Crippen molar-refractivity contribution in [1.29, 1.82) is 0 Å². The van der Waals surface area contributed by atoms with Gasteiger partial charge in [0.25, 0.3) is 0 Å². The number of rotatable bonds is 6. The molecule has 0 saturated heterocycles. The molecule has 0 heterocycles. The molecule has 3 nitrogen and oxygen atoms in total. The van der Waals surface area contributed by atoms with Gasteiger partial charge in [-0.05, 0) is 36.4 Å². The van der Waals surface area contributed by atoms with Crippen molar-refractivity contribution in [2.75, 3.05) is 18.1 Å². The molecule has 1 aromatic rings. The summed E-state index contributed by atoms with van der Waals surface area (Å²) in [4.78, 5) is 10.7. The Labute approximate surface area is 99.8 Å². The molecule has 0 aromatic heterocycles. The molecule has 0 aliphatic rings. The third-order valence-corrected chi connectivity index (χ3v) is 2.97. The van der Waals surface area contributed by atoms with Crippen molar-refractivity contribution in [3.05, 3.63) is 29.3 Å². The highest BCUT2D eigenvalue weighted by Gasteiger charge is 2.06. The van der Waals surface area contributed by atoms with Gasteiger partial charge in [-0.15, -0.1) is 0 Å². The van der Waals surface area contributed by atoms with Gasteiger partial charge in [-0.3, -0.25) is 0 Å². The molecule has 16 heavy (non-hydrogen) atoms. The summed E-state index contributed by atoms with van der Waals surface area (Å²) in [7, 11) is 0. The smallest absolute Gasteiger partial charge is 0.335 e. The van der Waals surface area contributed by atoms with Gasteiger partial charge in [0.15, 0.2) is 0 Å². The van der Waals surface area contributed by atoms with E-state index in [0.29, 0.717) is 12.2 Å². The van der Waals surface area contributed by atoms with Crippen LogP contribution in [0.25, 0.3) is 0 Å². The van der Waals surface area contributed by atoms with Gasteiger partial charge >= 0.3 is 5.97 Å². The first-order valence-corrected chi connectivity index (χ1v) is 6.35. The zero-order valence-corrected chi connectivity index (χ0v) is 10.3. The van der Waals surface area contributed by atoms with E-state index in [2.05, 4.69) is 6.92 Å². The Bertz CT molecular complexity index is 363. The van der Waals surface area contributed by atoms with Crippen LogP contribution in [0.15, 0.2) is 18.2 Å². The molecule has 0 bridgehead atoms. The first-order chi connectivity index (χ1) is 7.65. The lowest BCUT2D eigenvalue weighted by Gasteiger charge is -2.09. The number of ether oxygens (including phenoxy) is 1. The van der Waals surface area contributed by atoms with Crippen molar-refractivity contribution in [3.63, 3.8) is 0 Å². The van der Waals surface area contributed by atoms with Crippen molar-refractivity contribution in [2.24, 2.45) is 0 Å². The maximum atomic E-state index is 10.7. The van der Waals surface area contributed by atoms with Gasteiger partial charge in [-0.25, -0.2) is 4.79 Å². The summed E-state index contributed by atoms with van der Waals surface area (Å²) in [5, 5.41) is 8.80. The Morgan fingerprint density at radius 1 is 1.50 bits per heavy atom. The van der Waals surface area contributed by atoms with Crippen molar-refractivity contribution >= 4 is 17.7 Å². The number of hydrogen-bond donors (Lipinski definition) is 1. The molecule has 0 amide bonds. The summed E-state index contributed by atoms with van der Waals surface area (Å²) >= 11 is 1.82. The predicted molar refractivity (Wildman–Crippen MR) is 66.6 cm³/mol. The molecule has 0 saturated carbocycles. The fourth-order valence-electron chi connectivity index (χ4n) is 1.30. The van der Waals surface area contributed by atoms with E-state index in [9.17, 15) is 4.79 Å². The maximum absolute atomic E-state index is 10.7. The van der Waals surface area contributed by atoms with E-state index in [-0.39, 0.29) is 0 Å². The largest absolute Gasteiger partial charge is 0.492 e. The van der Waals surface area contributed by atoms with Crippen LogP contribution in [-0.4, -0.2) is 29.2 Å². The van der Waals surface area contributed by atoms with E-state index >= 15 is 0 Å². The normalized spacial score (nSPS) is 10.1. The third kappa shape index (κ3) is 3.77. The molecule has 88 valence electrons. The standard InChI is InChI=1S/C12H16O3S/c1-3-16-7-6-15-11-5-4-10(12(13)14)8-9(11)2/h4-5,8H,3,6-7H2,1-2H3,(H,13,14). The molecule has 0 spiro atoms. The molecule has 1 aromatic carbocycles. The molecular weight excluding hydrogens is 224 g/mol. The van der Waals surface area contributed by atoms with Gasteiger partial charge in [0, 0.05) is 5.75 Å². The number of carboxylic acids is 1. The number of aryl methyl sites for hydroxylation is 1. The summed E-state index contributed by atoms with van der Waals surface area (Å²) in [6.07, 6.45) is 0. The van der Waals surface area contributed by atoms with E-state index in [1.54, 1.807) is 18.2 Å². The van der Waals surface area contributed by atoms with Gasteiger partial charge in [0.05, 0.1) is 12.2 Å². The molecule has 0 atom stereocenters. The minimum absolute atomic E-state index is 0.299. The summed E-state index contributed by atoms with van der Waals surface area (Å²) in [6.45, 7) is 4.62. The van der Waals surface area contributed by atoms with Crippen LogP contribution in [0.3, 0.4) is 0 Å². The van der Waals surface area contributed by atoms with Crippen molar-refractivity contribution in [3.8, 4) is 5.75 Å². The highest BCUT2D eigenvalue weighted by atomic mass is 32.2. The van der Waals surface area contributed by atoms with Crippen LogP contribution in [0.2, 0.25) is 0 Å². The van der Waals surface area contributed by atoms with E-state index in [0.717, 1.165) is 22.8 Å². The first kappa shape index (κ1) is 12.9. The summed E-state index contributed by atoms with van der Waals surface area (Å²) < 4.78 is 5.56. The molecule has 1 rings (SSSR count). The van der Waals surface area contributed by atoms with Crippen LogP contribution in [0.4, 0.5) is 0 Å². The van der Waals surface area contributed by atoms with E-state index < -0.39 is 5.97 Å². The van der Waals surface area contributed by atoms with Crippen LogP contribution >= 0.6 is 11.8 Å². The second kappa shape index (κ2) is 6.43. The summed E-state index contributed by atoms with van der Waals surface area (Å²) in [5.74, 6) is 1.90. The number of benzene rings is 1. The second-order valence-corrected chi connectivity index (χ2v) is 4.72. The average molecular weight is 240 g/mol. The Balaban J connectivity index is 2.57. The molecule has 0 aliphatic heterocycles. The zero-order valence-electron chi connectivity index (χ0n) is 9.53. The zero-order chi connectivity index (χ0) is 12.0. The Morgan fingerprint density at radius 3 is 2.81 bits per heavy atom. The van der Waals surface area contributed by atoms with Gasteiger partial charge < -0.3 is 9.84 Å². The van der Waals surface area contributed by atoms with Crippen LogP contribution < -0.4 is 4.74 Å². The van der Waals surface area contributed by atoms with E-state index in [1.807, 2.05) is 18.7 Å². The van der Waals surface area contributed by atoms with Crippen LogP contribution in [0.5, 0.6) is 5.75 Å². The van der Waals surface area contributed by atoms with Crippen LogP contribution in [-0.2, 0) is 0 Å². The fraction of sp³-hybridized carbons (Fsp3) is 0.417. The molecule has 0 fully saturated rings. The first-order valence-electron chi connectivity index (χ1n) is 5.19. The van der Waals surface area contributed by atoms with Crippen LogP contribution in [0.1, 0.15) is 22.8 Å². The number of carbonyl (C=O) groups is 1. The Morgan fingerprint density at radius 2 is 2.25 bits per heavy atom. The molecule has 0 radical (unpaired) electrons. The number of carboxylic acid groups (broad SMARTS) is 1. The highest BCUT2D eigenvalue weighted by molar-refractivity contribution is 7.99. The number of aromatic carboxylic acids is 1. The quantitative estimate of drug-likeness (QED) is 0.777. The lowest BCUT2D eigenvalue weighted by molar-refractivity contribution is 0.0696. The summed E-state index contributed by atoms with van der Waals surface area (Å²) in [5.41, 5.74) is 1.16. The monoisotopic (exact) mass is 240 g/mol. The van der Waals surface area contributed by atoms with Crippen molar-refractivity contribution in [2.45, 2.75) is 13.8 Å². The molecule has 4 heteroatoms. The number of thioether (sulfide) groups is 1. The third-order valence-electron chi connectivity index (χ3n) is 2.11. The Kier molecular flexibility index (Phi) is 5.19. The second-order valence-electron chi connectivity index (χ2n) is 3.33. The lowest BCUT2D eigenvalue weighted by atomic mass is 10.1. The number of hydrogen-bond acceptors (Lipinski definition) is 3.